The van der Waals surface area contributed by atoms with E-state index in [-0.39, 0.29) is 12.1 Å². The summed E-state index contributed by atoms with van der Waals surface area (Å²) in [4.78, 5) is 23.8. The van der Waals surface area contributed by atoms with Crippen molar-refractivity contribution in [2.24, 2.45) is 0 Å². The lowest BCUT2D eigenvalue weighted by Crippen LogP contribution is -2.53. The minimum atomic E-state index is -0.324. The van der Waals surface area contributed by atoms with Gasteiger partial charge in [-0.3, -0.25) is 4.40 Å². The maximum Gasteiger partial charge on any atom is 0.357 e. The van der Waals surface area contributed by atoms with Gasteiger partial charge in [0.2, 0.25) is 0 Å². The lowest BCUT2D eigenvalue weighted by molar-refractivity contribution is 0.0225. The zero-order chi connectivity index (χ0) is 17.7. The number of aromatic nitrogens is 3. The van der Waals surface area contributed by atoms with Gasteiger partial charge in [0, 0.05) is 6.20 Å². The van der Waals surface area contributed by atoms with E-state index in [0.717, 1.165) is 16.3 Å². The van der Waals surface area contributed by atoms with Crippen LogP contribution in [0.15, 0.2) is 48.7 Å². The molecule has 130 valence electrons. The molecule has 6 nitrogen and oxygen atoms in total. The molecule has 4 heterocycles. The topological polar surface area (TPSA) is 59.7 Å². The molecule has 0 spiro atoms. The first kappa shape index (κ1) is 15.3. The molecule has 0 amide bonds. The summed E-state index contributed by atoms with van der Waals surface area (Å²) in [6.07, 6.45) is 1.71. The number of imidazole rings is 1. The monoisotopic (exact) mass is 364 g/mol. The fourth-order valence-corrected chi connectivity index (χ4v) is 4.21. The number of fused-ring (bicyclic) bond motifs is 2. The van der Waals surface area contributed by atoms with Crippen LogP contribution in [0.1, 0.15) is 16.2 Å². The predicted octanol–water partition coefficient (Wildman–Crippen LogP) is 3.30. The van der Waals surface area contributed by atoms with E-state index >= 15 is 0 Å². The Morgan fingerprint density at radius 3 is 2.81 bits per heavy atom. The number of pyridine rings is 1. The zero-order valence-corrected chi connectivity index (χ0v) is 14.9. The number of esters is 1. The molecule has 0 aliphatic carbocycles. The Hall–Kier alpha value is -2.93. The number of benzene rings is 1. The number of para-hydroxylation sites is 1. The average molecular weight is 364 g/mol. The van der Waals surface area contributed by atoms with Gasteiger partial charge < -0.3 is 9.64 Å². The Kier molecular flexibility index (Phi) is 3.43. The maximum absolute atomic E-state index is 12.6. The van der Waals surface area contributed by atoms with Gasteiger partial charge >= 0.3 is 5.97 Å². The van der Waals surface area contributed by atoms with Gasteiger partial charge in [0.1, 0.15) is 11.8 Å². The highest BCUT2D eigenvalue weighted by Gasteiger charge is 2.33. The van der Waals surface area contributed by atoms with Crippen molar-refractivity contribution in [3.8, 4) is 0 Å². The second-order valence-electron chi connectivity index (χ2n) is 6.37. The third-order valence-corrected chi connectivity index (χ3v) is 5.67. The van der Waals surface area contributed by atoms with Crippen molar-refractivity contribution < 1.29 is 9.53 Å². The molecule has 1 aromatic carbocycles. The summed E-state index contributed by atoms with van der Waals surface area (Å²) < 4.78 is 8.63. The number of anilines is 1. The van der Waals surface area contributed by atoms with E-state index in [9.17, 15) is 4.79 Å². The van der Waals surface area contributed by atoms with Crippen LogP contribution in [0.3, 0.4) is 0 Å². The van der Waals surface area contributed by atoms with Crippen LogP contribution in [0.2, 0.25) is 0 Å². The second kappa shape index (κ2) is 5.81. The lowest BCUT2D eigenvalue weighted by atomic mass is 10.2. The van der Waals surface area contributed by atoms with E-state index in [1.807, 2.05) is 49.5 Å². The van der Waals surface area contributed by atoms with Crippen LogP contribution in [-0.2, 0) is 4.74 Å². The molecule has 26 heavy (non-hydrogen) atoms. The summed E-state index contributed by atoms with van der Waals surface area (Å²) in [5.74, 6) is -0.324. The van der Waals surface area contributed by atoms with E-state index in [1.54, 1.807) is 15.7 Å². The normalized spacial score (nSPS) is 14.7. The molecular formula is C19H16N4O2S. The van der Waals surface area contributed by atoms with Crippen molar-refractivity contribution in [2.75, 3.05) is 18.0 Å². The van der Waals surface area contributed by atoms with E-state index in [1.165, 1.54) is 4.70 Å². The summed E-state index contributed by atoms with van der Waals surface area (Å²) in [6, 6.07) is 13.7. The molecule has 0 N–H and O–H groups in total. The van der Waals surface area contributed by atoms with E-state index in [0.29, 0.717) is 24.5 Å². The molecule has 7 heteroatoms. The van der Waals surface area contributed by atoms with Gasteiger partial charge in [-0.25, -0.2) is 14.8 Å². The van der Waals surface area contributed by atoms with Gasteiger partial charge in [-0.1, -0.05) is 29.5 Å². The number of nitrogens with zero attached hydrogens (tertiary/aromatic N) is 4. The fraction of sp³-hybridized carbons (Fsp3) is 0.211. The number of hydrogen-bond donors (Lipinski definition) is 0. The zero-order valence-electron chi connectivity index (χ0n) is 14.1. The van der Waals surface area contributed by atoms with Crippen LogP contribution in [0, 0.1) is 6.92 Å². The number of aryl methyl sites for hydroxylation is 1. The van der Waals surface area contributed by atoms with E-state index < -0.39 is 0 Å². The quantitative estimate of drug-likeness (QED) is 0.522. The Labute approximate surface area is 153 Å². The highest BCUT2D eigenvalue weighted by atomic mass is 32.1. The Bertz CT molecular complexity index is 1090. The fourth-order valence-electron chi connectivity index (χ4n) is 3.23. The maximum atomic E-state index is 12.6. The molecule has 5 rings (SSSR count). The molecule has 3 aromatic heterocycles. The third-order valence-electron chi connectivity index (χ3n) is 4.57. The third kappa shape index (κ3) is 2.43. The van der Waals surface area contributed by atoms with Crippen LogP contribution < -0.4 is 4.90 Å². The Balaban J connectivity index is 1.29. The summed E-state index contributed by atoms with van der Waals surface area (Å²) in [5.41, 5.74) is 2.94. The SMILES string of the molecule is Cc1nc2ccccn2c1C(=O)OC1CN(c2nc3ccccc3s2)C1. The average Bonchev–Trinajstić information content (AvgIpc) is 3.17. The lowest BCUT2D eigenvalue weighted by Gasteiger charge is -2.38. The Morgan fingerprint density at radius 1 is 1.15 bits per heavy atom. The molecule has 0 atom stereocenters. The summed E-state index contributed by atoms with van der Waals surface area (Å²) >= 11 is 1.66. The number of thiazole rings is 1. The number of ether oxygens (including phenoxy) is 1. The van der Waals surface area contributed by atoms with Crippen LogP contribution in [0.25, 0.3) is 15.9 Å². The summed E-state index contributed by atoms with van der Waals surface area (Å²) in [6.45, 7) is 3.17. The Morgan fingerprint density at radius 2 is 1.96 bits per heavy atom. The number of carbonyl (C=O) groups excluding carboxylic acids is 1. The van der Waals surface area contributed by atoms with E-state index in [4.69, 9.17) is 4.74 Å². The summed E-state index contributed by atoms with van der Waals surface area (Å²) in [7, 11) is 0. The molecule has 1 fully saturated rings. The first-order chi connectivity index (χ1) is 12.7. The first-order valence-corrected chi connectivity index (χ1v) is 9.26. The highest BCUT2D eigenvalue weighted by molar-refractivity contribution is 7.22. The van der Waals surface area contributed by atoms with Gasteiger partial charge in [0.25, 0.3) is 0 Å². The minimum Gasteiger partial charge on any atom is -0.454 e. The van der Waals surface area contributed by atoms with Crippen molar-refractivity contribution in [2.45, 2.75) is 13.0 Å². The minimum absolute atomic E-state index is 0.122. The predicted molar refractivity (Wildman–Crippen MR) is 101 cm³/mol. The van der Waals surface area contributed by atoms with Crippen LogP contribution in [0.4, 0.5) is 5.13 Å². The van der Waals surface area contributed by atoms with Gasteiger partial charge in [-0.15, -0.1) is 0 Å². The molecule has 4 aromatic rings. The second-order valence-corrected chi connectivity index (χ2v) is 7.38. The van der Waals surface area contributed by atoms with Gasteiger partial charge in [-0.05, 0) is 31.2 Å². The van der Waals surface area contributed by atoms with Crippen molar-refractivity contribution in [1.82, 2.24) is 14.4 Å². The molecule has 1 aliphatic heterocycles. The summed E-state index contributed by atoms with van der Waals surface area (Å²) in [5, 5.41) is 0.976. The van der Waals surface area contributed by atoms with Gasteiger partial charge in [0.05, 0.1) is 29.0 Å². The van der Waals surface area contributed by atoms with Crippen molar-refractivity contribution in [3.63, 3.8) is 0 Å². The largest absolute Gasteiger partial charge is 0.454 e. The number of carbonyl (C=O) groups is 1. The molecule has 0 saturated carbocycles. The molecule has 1 saturated heterocycles. The molecule has 1 aliphatic rings. The molecular weight excluding hydrogens is 348 g/mol. The standard InChI is InChI=1S/C19H16N4O2S/c1-12-17(23-9-5-4-8-16(23)20-12)18(24)25-13-10-22(11-13)19-21-14-6-2-3-7-15(14)26-19/h2-9,13H,10-11H2,1H3. The number of rotatable bonds is 3. The van der Waals surface area contributed by atoms with Crippen LogP contribution in [0.5, 0.6) is 0 Å². The van der Waals surface area contributed by atoms with Crippen LogP contribution in [-0.4, -0.2) is 39.5 Å². The van der Waals surface area contributed by atoms with Crippen molar-refractivity contribution in [1.29, 1.82) is 0 Å². The van der Waals surface area contributed by atoms with Crippen LogP contribution >= 0.6 is 11.3 Å². The van der Waals surface area contributed by atoms with Gasteiger partial charge in [0.15, 0.2) is 10.8 Å². The van der Waals surface area contributed by atoms with Crippen molar-refractivity contribution >= 4 is 38.3 Å². The molecule has 0 bridgehead atoms. The van der Waals surface area contributed by atoms with E-state index in [2.05, 4.69) is 20.9 Å². The van der Waals surface area contributed by atoms with Crippen molar-refractivity contribution in [3.05, 3.63) is 60.0 Å². The highest BCUT2D eigenvalue weighted by Crippen LogP contribution is 2.32. The van der Waals surface area contributed by atoms with Gasteiger partial charge in [-0.2, -0.15) is 0 Å². The molecule has 0 unspecified atom stereocenters. The molecule has 0 radical (unpaired) electrons. The smallest absolute Gasteiger partial charge is 0.357 e. The number of hydrogen-bond acceptors (Lipinski definition) is 6. The first-order valence-electron chi connectivity index (χ1n) is 8.44.